The molecule has 1 rings (SSSR count). The molecule has 0 bridgehead atoms. The smallest absolute Gasteiger partial charge is 0.123 e. The maximum Gasteiger partial charge on any atom is 0.123 e. The Morgan fingerprint density at radius 1 is 1.40 bits per heavy atom. The van der Waals surface area contributed by atoms with Gasteiger partial charge in [0.05, 0.1) is 13.2 Å². The first-order valence-corrected chi connectivity index (χ1v) is 5.04. The molecule has 0 fully saturated rings. The van der Waals surface area contributed by atoms with Gasteiger partial charge in [0.1, 0.15) is 5.75 Å². The van der Waals surface area contributed by atoms with Crippen molar-refractivity contribution in [3.63, 3.8) is 0 Å². The van der Waals surface area contributed by atoms with Gasteiger partial charge in [0.15, 0.2) is 0 Å². The summed E-state index contributed by atoms with van der Waals surface area (Å²) in [4.78, 5) is 2.07. The van der Waals surface area contributed by atoms with Crippen molar-refractivity contribution in [3.8, 4) is 5.75 Å². The van der Waals surface area contributed by atoms with Gasteiger partial charge in [-0.2, -0.15) is 0 Å². The summed E-state index contributed by atoms with van der Waals surface area (Å²) in [5.74, 6) is 0.869. The minimum absolute atomic E-state index is 0.434. The van der Waals surface area contributed by atoms with Crippen LogP contribution in [0.1, 0.15) is 24.2 Å². The van der Waals surface area contributed by atoms with E-state index in [4.69, 9.17) is 4.74 Å². The van der Waals surface area contributed by atoms with Gasteiger partial charge in [0, 0.05) is 12.1 Å². The summed E-state index contributed by atoms with van der Waals surface area (Å²) in [5, 5.41) is 9.49. The van der Waals surface area contributed by atoms with Crippen molar-refractivity contribution in [3.05, 3.63) is 29.3 Å². The van der Waals surface area contributed by atoms with Crippen LogP contribution in [0, 0.1) is 0 Å². The molecule has 1 atom stereocenters. The molecule has 0 aliphatic carbocycles. The lowest BCUT2D eigenvalue weighted by Gasteiger charge is -2.15. The molecule has 3 nitrogen and oxygen atoms in total. The Kier molecular flexibility index (Phi) is 4.12. The van der Waals surface area contributed by atoms with Crippen molar-refractivity contribution in [1.82, 2.24) is 4.90 Å². The van der Waals surface area contributed by atoms with Gasteiger partial charge in [-0.05, 0) is 38.7 Å². The molecule has 0 unspecified atom stereocenters. The topological polar surface area (TPSA) is 32.7 Å². The van der Waals surface area contributed by atoms with Crippen LogP contribution < -0.4 is 4.74 Å². The van der Waals surface area contributed by atoms with Crippen molar-refractivity contribution in [2.24, 2.45) is 0 Å². The number of benzene rings is 1. The number of ether oxygens (including phenoxy) is 1. The normalized spacial score (nSPS) is 12.9. The highest BCUT2D eigenvalue weighted by molar-refractivity contribution is 5.37. The second-order valence-electron chi connectivity index (χ2n) is 3.99. The van der Waals surface area contributed by atoms with Crippen LogP contribution in [0.25, 0.3) is 0 Å². The average molecular weight is 209 g/mol. The molecule has 0 spiro atoms. The van der Waals surface area contributed by atoms with Crippen LogP contribution in [0.5, 0.6) is 5.75 Å². The minimum atomic E-state index is -0.434. The monoisotopic (exact) mass is 209 g/mol. The molecule has 1 aromatic rings. The second-order valence-corrected chi connectivity index (χ2v) is 3.99. The summed E-state index contributed by atoms with van der Waals surface area (Å²) in [6.07, 6.45) is -0.434. The van der Waals surface area contributed by atoms with E-state index in [-0.39, 0.29) is 0 Å². The Morgan fingerprint density at radius 2 is 2.07 bits per heavy atom. The third kappa shape index (κ3) is 3.22. The molecular formula is C12H19NO2. The molecule has 15 heavy (non-hydrogen) atoms. The van der Waals surface area contributed by atoms with E-state index in [1.165, 1.54) is 0 Å². The first-order valence-electron chi connectivity index (χ1n) is 5.04. The Hall–Kier alpha value is -1.06. The van der Waals surface area contributed by atoms with Gasteiger partial charge in [0.2, 0.25) is 0 Å². The molecule has 0 aromatic heterocycles. The van der Waals surface area contributed by atoms with Crippen LogP contribution in [-0.2, 0) is 6.54 Å². The molecule has 0 radical (unpaired) electrons. The van der Waals surface area contributed by atoms with Crippen molar-refractivity contribution >= 4 is 0 Å². The first kappa shape index (κ1) is 12.0. The zero-order valence-electron chi connectivity index (χ0n) is 9.82. The molecule has 3 heteroatoms. The van der Waals surface area contributed by atoms with E-state index in [9.17, 15) is 5.11 Å². The molecule has 0 aliphatic rings. The number of aliphatic hydroxyl groups excluding tert-OH is 1. The Morgan fingerprint density at radius 3 is 2.53 bits per heavy atom. The van der Waals surface area contributed by atoms with Gasteiger partial charge < -0.3 is 14.7 Å². The first-order chi connectivity index (χ1) is 7.04. The highest BCUT2D eigenvalue weighted by Crippen LogP contribution is 2.23. The lowest BCUT2D eigenvalue weighted by Crippen LogP contribution is -2.12. The predicted octanol–water partition coefficient (Wildman–Crippen LogP) is 1.81. The van der Waals surface area contributed by atoms with Gasteiger partial charge in [-0.25, -0.2) is 0 Å². The zero-order chi connectivity index (χ0) is 11.4. The van der Waals surface area contributed by atoms with E-state index in [0.29, 0.717) is 0 Å². The van der Waals surface area contributed by atoms with Crippen molar-refractivity contribution in [1.29, 1.82) is 0 Å². The highest BCUT2D eigenvalue weighted by Gasteiger charge is 2.08. The van der Waals surface area contributed by atoms with E-state index in [1.54, 1.807) is 14.0 Å². The number of nitrogens with zero attached hydrogens (tertiary/aromatic N) is 1. The van der Waals surface area contributed by atoms with Crippen molar-refractivity contribution in [2.45, 2.75) is 19.6 Å². The highest BCUT2D eigenvalue weighted by atomic mass is 16.5. The number of rotatable bonds is 4. The summed E-state index contributed by atoms with van der Waals surface area (Å²) in [6, 6.07) is 5.78. The average Bonchev–Trinajstić information content (AvgIpc) is 2.16. The predicted molar refractivity (Wildman–Crippen MR) is 61.0 cm³/mol. The fourth-order valence-corrected chi connectivity index (χ4v) is 1.52. The molecule has 0 saturated heterocycles. The largest absolute Gasteiger partial charge is 0.496 e. The number of aliphatic hydroxyl groups is 1. The van der Waals surface area contributed by atoms with Crippen LogP contribution in [0.2, 0.25) is 0 Å². The van der Waals surface area contributed by atoms with Gasteiger partial charge in [-0.15, -0.1) is 0 Å². The zero-order valence-corrected chi connectivity index (χ0v) is 9.82. The van der Waals surface area contributed by atoms with E-state index < -0.39 is 6.10 Å². The van der Waals surface area contributed by atoms with Gasteiger partial charge in [-0.1, -0.05) is 6.07 Å². The maximum absolute atomic E-state index is 9.49. The summed E-state index contributed by atoms with van der Waals surface area (Å²) >= 11 is 0. The van der Waals surface area contributed by atoms with E-state index in [0.717, 1.165) is 23.4 Å². The Balaban J connectivity index is 3.02. The standard InChI is InChI=1S/C12H19NO2/c1-9(14)10-5-6-12(15-4)11(7-10)8-13(2)3/h5-7,9,14H,8H2,1-4H3/t9-/m1/s1. The van der Waals surface area contributed by atoms with Crippen LogP contribution in [0.3, 0.4) is 0 Å². The molecule has 0 aliphatic heterocycles. The molecular weight excluding hydrogens is 190 g/mol. The van der Waals surface area contributed by atoms with E-state index in [1.807, 2.05) is 32.3 Å². The maximum atomic E-state index is 9.49. The Bertz CT molecular complexity index is 321. The number of methoxy groups -OCH3 is 1. The quantitative estimate of drug-likeness (QED) is 0.821. The van der Waals surface area contributed by atoms with E-state index in [2.05, 4.69) is 4.90 Å². The number of hydrogen-bond acceptors (Lipinski definition) is 3. The summed E-state index contributed by atoms with van der Waals surface area (Å²) in [6.45, 7) is 2.57. The number of hydrogen-bond donors (Lipinski definition) is 1. The van der Waals surface area contributed by atoms with Crippen LogP contribution in [0.4, 0.5) is 0 Å². The second kappa shape index (κ2) is 5.14. The van der Waals surface area contributed by atoms with E-state index >= 15 is 0 Å². The summed E-state index contributed by atoms with van der Waals surface area (Å²) in [7, 11) is 5.68. The molecule has 1 aromatic carbocycles. The van der Waals surface area contributed by atoms with Gasteiger partial charge in [0.25, 0.3) is 0 Å². The fourth-order valence-electron chi connectivity index (χ4n) is 1.52. The summed E-state index contributed by atoms with van der Waals surface area (Å²) < 4.78 is 5.27. The molecule has 0 heterocycles. The van der Waals surface area contributed by atoms with Crippen LogP contribution >= 0.6 is 0 Å². The van der Waals surface area contributed by atoms with Crippen molar-refractivity contribution < 1.29 is 9.84 Å². The molecule has 0 saturated carbocycles. The van der Waals surface area contributed by atoms with Gasteiger partial charge in [-0.3, -0.25) is 0 Å². The molecule has 1 N–H and O–H groups in total. The van der Waals surface area contributed by atoms with Crippen LogP contribution in [0.15, 0.2) is 18.2 Å². The Labute approximate surface area is 91.3 Å². The molecule has 0 amide bonds. The lowest BCUT2D eigenvalue weighted by molar-refractivity contribution is 0.199. The van der Waals surface area contributed by atoms with Crippen LogP contribution in [-0.4, -0.2) is 31.2 Å². The third-order valence-corrected chi connectivity index (χ3v) is 2.27. The van der Waals surface area contributed by atoms with Gasteiger partial charge >= 0.3 is 0 Å². The molecule has 84 valence electrons. The third-order valence-electron chi connectivity index (χ3n) is 2.27. The SMILES string of the molecule is COc1ccc([C@@H](C)O)cc1CN(C)C. The fraction of sp³-hybridized carbons (Fsp3) is 0.500. The lowest BCUT2D eigenvalue weighted by atomic mass is 10.1. The van der Waals surface area contributed by atoms with Crippen molar-refractivity contribution in [2.75, 3.05) is 21.2 Å². The summed E-state index contributed by atoms with van der Waals surface area (Å²) in [5.41, 5.74) is 2.02. The minimum Gasteiger partial charge on any atom is -0.496 e.